The average molecular weight is 366 g/mol. The zero-order valence-corrected chi connectivity index (χ0v) is 16.6. The van der Waals surface area contributed by atoms with Gasteiger partial charge in [0.25, 0.3) is 5.91 Å². The van der Waals surface area contributed by atoms with Gasteiger partial charge >= 0.3 is 0 Å². The number of anilines is 2. The van der Waals surface area contributed by atoms with E-state index in [1.165, 1.54) is 28.0 Å². The van der Waals surface area contributed by atoms with Crippen LogP contribution in [-0.4, -0.2) is 25.0 Å². The van der Waals surface area contributed by atoms with Crippen LogP contribution in [0.2, 0.25) is 0 Å². The fourth-order valence-corrected chi connectivity index (χ4v) is 3.49. The van der Waals surface area contributed by atoms with Gasteiger partial charge in [-0.05, 0) is 61.7 Å². The van der Waals surface area contributed by atoms with Gasteiger partial charge in [0, 0.05) is 36.3 Å². The maximum Gasteiger partial charge on any atom is 0.257 e. The molecule has 3 aromatic rings. The van der Waals surface area contributed by atoms with E-state index in [0.717, 1.165) is 16.9 Å². The molecule has 26 heavy (non-hydrogen) atoms. The van der Waals surface area contributed by atoms with Crippen LogP contribution in [0.3, 0.4) is 0 Å². The van der Waals surface area contributed by atoms with Gasteiger partial charge in [-0.3, -0.25) is 10.1 Å². The predicted molar refractivity (Wildman–Crippen MR) is 110 cm³/mol. The molecule has 2 aromatic carbocycles. The zero-order valence-electron chi connectivity index (χ0n) is 15.8. The van der Waals surface area contributed by atoms with Gasteiger partial charge in [-0.15, -0.1) is 11.3 Å². The summed E-state index contributed by atoms with van der Waals surface area (Å²) in [5, 5.41) is 5.51. The first-order chi connectivity index (χ1) is 12.3. The number of aromatic nitrogens is 1. The third-order valence-corrected chi connectivity index (χ3v) is 5.22. The largest absolute Gasteiger partial charge is 0.378 e. The molecular formula is C21H23N3OS. The number of amides is 1. The summed E-state index contributed by atoms with van der Waals surface area (Å²) in [5.74, 6) is -0.147. The molecule has 1 N–H and O–H groups in total. The topological polar surface area (TPSA) is 45.2 Å². The molecule has 0 fully saturated rings. The monoisotopic (exact) mass is 365 g/mol. The lowest BCUT2D eigenvalue weighted by Gasteiger charge is -2.13. The fraction of sp³-hybridized carbons (Fsp3) is 0.238. The number of nitrogens with zero attached hydrogens (tertiary/aromatic N) is 2. The van der Waals surface area contributed by atoms with E-state index in [9.17, 15) is 4.79 Å². The van der Waals surface area contributed by atoms with E-state index >= 15 is 0 Å². The molecule has 4 nitrogen and oxygen atoms in total. The molecule has 0 unspecified atom stereocenters. The summed E-state index contributed by atoms with van der Waals surface area (Å²) in [7, 11) is 3.91. The quantitative estimate of drug-likeness (QED) is 0.703. The number of hydrogen-bond donors (Lipinski definition) is 1. The number of nitrogens with one attached hydrogen (secondary N) is 1. The Kier molecular flexibility index (Phi) is 5.09. The summed E-state index contributed by atoms with van der Waals surface area (Å²) in [6, 6.07) is 11.9. The Balaban J connectivity index is 1.82. The second-order valence-electron chi connectivity index (χ2n) is 6.69. The second-order valence-corrected chi connectivity index (χ2v) is 7.55. The average Bonchev–Trinajstić information content (AvgIpc) is 3.06. The first kappa shape index (κ1) is 18.1. The summed E-state index contributed by atoms with van der Waals surface area (Å²) in [5.41, 5.74) is 7.32. The summed E-state index contributed by atoms with van der Waals surface area (Å²) in [6.07, 6.45) is 0. The highest BCUT2D eigenvalue weighted by atomic mass is 32.1. The van der Waals surface area contributed by atoms with Gasteiger partial charge in [-0.25, -0.2) is 4.98 Å². The van der Waals surface area contributed by atoms with Gasteiger partial charge in [0.05, 0.1) is 5.69 Å². The van der Waals surface area contributed by atoms with Gasteiger partial charge in [0.1, 0.15) is 0 Å². The Bertz CT molecular complexity index is 960. The number of benzene rings is 2. The molecule has 0 radical (unpaired) electrons. The maximum absolute atomic E-state index is 12.5. The van der Waals surface area contributed by atoms with Gasteiger partial charge in [0.15, 0.2) is 5.13 Å². The van der Waals surface area contributed by atoms with Crippen LogP contribution in [0.4, 0.5) is 10.8 Å². The van der Waals surface area contributed by atoms with Crippen molar-refractivity contribution < 1.29 is 4.79 Å². The normalized spacial score (nSPS) is 10.7. The first-order valence-corrected chi connectivity index (χ1v) is 9.35. The van der Waals surface area contributed by atoms with Crippen molar-refractivity contribution in [1.82, 2.24) is 4.98 Å². The van der Waals surface area contributed by atoms with Crippen LogP contribution in [0.25, 0.3) is 11.3 Å². The van der Waals surface area contributed by atoms with Crippen molar-refractivity contribution in [3.8, 4) is 11.3 Å². The standard InChI is InChI=1S/C21H23N3OS/c1-13-9-15(3)18(10-14(13)2)19-12-26-21(22-19)23-20(25)16-7-6-8-17(11-16)24(4)5/h6-12H,1-5H3,(H,22,23,25). The maximum atomic E-state index is 12.5. The van der Waals surface area contributed by atoms with Crippen molar-refractivity contribution in [3.63, 3.8) is 0 Å². The number of thiazole rings is 1. The molecule has 0 saturated carbocycles. The highest BCUT2D eigenvalue weighted by Gasteiger charge is 2.12. The molecule has 134 valence electrons. The fourth-order valence-electron chi connectivity index (χ4n) is 2.79. The molecule has 0 bridgehead atoms. The lowest BCUT2D eigenvalue weighted by Crippen LogP contribution is -2.14. The van der Waals surface area contributed by atoms with Crippen molar-refractivity contribution >= 4 is 28.1 Å². The lowest BCUT2D eigenvalue weighted by atomic mass is 9.99. The second kappa shape index (κ2) is 7.30. The van der Waals surface area contributed by atoms with Crippen LogP contribution < -0.4 is 10.2 Å². The van der Waals surface area contributed by atoms with Crippen molar-refractivity contribution in [2.45, 2.75) is 20.8 Å². The Morgan fingerprint density at radius 2 is 1.77 bits per heavy atom. The molecule has 0 aliphatic carbocycles. The molecule has 3 rings (SSSR count). The van der Waals surface area contributed by atoms with Crippen LogP contribution in [0, 0.1) is 20.8 Å². The molecule has 0 aliphatic heterocycles. The predicted octanol–water partition coefficient (Wildman–Crippen LogP) is 5.05. The van der Waals surface area contributed by atoms with Crippen LogP contribution in [0.15, 0.2) is 41.8 Å². The minimum Gasteiger partial charge on any atom is -0.378 e. The number of rotatable bonds is 4. The Hall–Kier alpha value is -2.66. The molecule has 1 aromatic heterocycles. The third-order valence-electron chi connectivity index (χ3n) is 4.47. The van der Waals surface area contributed by atoms with Crippen LogP contribution in [0.5, 0.6) is 0 Å². The molecule has 0 saturated heterocycles. The van der Waals surface area contributed by atoms with E-state index in [2.05, 4.69) is 43.2 Å². The van der Waals surface area contributed by atoms with E-state index in [4.69, 9.17) is 0 Å². The summed E-state index contributed by atoms with van der Waals surface area (Å²) >= 11 is 1.44. The lowest BCUT2D eigenvalue weighted by molar-refractivity contribution is 0.102. The molecule has 5 heteroatoms. The minimum absolute atomic E-state index is 0.147. The summed E-state index contributed by atoms with van der Waals surface area (Å²) in [4.78, 5) is 19.1. The highest BCUT2D eigenvalue weighted by molar-refractivity contribution is 7.14. The van der Waals surface area contributed by atoms with Crippen molar-refractivity contribution in [2.24, 2.45) is 0 Å². The Morgan fingerprint density at radius 1 is 1.04 bits per heavy atom. The van der Waals surface area contributed by atoms with E-state index in [-0.39, 0.29) is 5.91 Å². The number of aryl methyl sites for hydroxylation is 3. The van der Waals surface area contributed by atoms with Crippen LogP contribution in [0.1, 0.15) is 27.0 Å². The molecule has 0 spiro atoms. The van der Waals surface area contributed by atoms with E-state index in [1.54, 1.807) is 0 Å². The Labute approximate surface area is 158 Å². The number of carbonyl (C=O) groups excluding carboxylic acids is 1. The summed E-state index contributed by atoms with van der Waals surface area (Å²) in [6.45, 7) is 6.30. The SMILES string of the molecule is Cc1cc(C)c(-c2csc(NC(=O)c3cccc(N(C)C)c3)n2)cc1C. The summed E-state index contributed by atoms with van der Waals surface area (Å²) < 4.78 is 0. The van der Waals surface area contributed by atoms with E-state index in [0.29, 0.717) is 10.7 Å². The molecule has 0 atom stereocenters. The molecular weight excluding hydrogens is 342 g/mol. The first-order valence-electron chi connectivity index (χ1n) is 8.47. The molecule has 1 heterocycles. The van der Waals surface area contributed by atoms with Crippen molar-refractivity contribution in [2.75, 3.05) is 24.3 Å². The van der Waals surface area contributed by atoms with Crippen molar-refractivity contribution in [1.29, 1.82) is 0 Å². The highest BCUT2D eigenvalue weighted by Crippen LogP contribution is 2.29. The number of hydrogen-bond acceptors (Lipinski definition) is 4. The van der Waals surface area contributed by atoms with Gasteiger partial charge in [-0.2, -0.15) is 0 Å². The molecule has 1 amide bonds. The van der Waals surface area contributed by atoms with Crippen molar-refractivity contribution in [3.05, 3.63) is 64.0 Å². The van der Waals surface area contributed by atoms with Gasteiger partial charge < -0.3 is 4.90 Å². The Morgan fingerprint density at radius 3 is 2.50 bits per heavy atom. The third kappa shape index (κ3) is 3.78. The number of carbonyl (C=O) groups is 1. The van der Waals surface area contributed by atoms with Gasteiger partial charge in [-0.1, -0.05) is 12.1 Å². The van der Waals surface area contributed by atoms with Crippen LogP contribution in [-0.2, 0) is 0 Å². The smallest absolute Gasteiger partial charge is 0.257 e. The van der Waals surface area contributed by atoms with E-state index < -0.39 is 0 Å². The van der Waals surface area contributed by atoms with Gasteiger partial charge in [0.2, 0.25) is 0 Å². The van der Waals surface area contributed by atoms with E-state index in [1.807, 2.05) is 48.6 Å². The van der Waals surface area contributed by atoms with Crippen LogP contribution >= 0.6 is 11.3 Å². The minimum atomic E-state index is -0.147. The zero-order chi connectivity index (χ0) is 18.8. The molecule has 0 aliphatic rings.